The molecule has 0 fully saturated rings. The third-order valence-electron chi connectivity index (χ3n) is 2.50. The van der Waals surface area contributed by atoms with Gasteiger partial charge in [-0.05, 0) is 19.4 Å². The van der Waals surface area contributed by atoms with Crippen molar-refractivity contribution in [3.05, 3.63) is 35.9 Å². The number of carbonyl (C=O) groups is 2. The van der Waals surface area contributed by atoms with E-state index in [1.165, 1.54) is 11.8 Å². The molecule has 0 N–H and O–H groups in total. The molecule has 1 aromatic carbocycles. The number of ether oxygens (including phenoxy) is 2. The van der Waals surface area contributed by atoms with E-state index in [9.17, 15) is 9.59 Å². The minimum absolute atomic E-state index is 0.0458. The molecular weight excluding hydrogens is 276 g/mol. The van der Waals surface area contributed by atoms with Crippen LogP contribution in [0, 0.1) is 0 Å². The molecule has 4 nitrogen and oxygen atoms in total. The van der Waals surface area contributed by atoms with Crippen LogP contribution in [-0.4, -0.2) is 30.4 Å². The molecule has 0 bridgehead atoms. The van der Waals surface area contributed by atoms with Crippen molar-refractivity contribution in [2.24, 2.45) is 0 Å². The number of rotatable bonds is 8. The minimum atomic E-state index is -0.519. The number of hydrogen-bond donors (Lipinski definition) is 0. The molecule has 0 radical (unpaired) electrons. The molecule has 20 heavy (non-hydrogen) atoms. The maximum absolute atomic E-state index is 11.9. The van der Waals surface area contributed by atoms with Crippen molar-refractivity contribution in [2.75, 3.05) is 13.2 Å². The monoisotopic (exact) mass is 296 g/mol. The van der Waals surface area contributed by atoms with Crippen LogP contribution >= 0.6 is 11.8 Å². The van der Waals surface area contributed by atoms with E-state index >= 15 is 0 Å². The van der Waals surface area contributed by atoms with E-state index < -0.39 is 5.25 Å². The fourth-order valence-corrected chi connectivity index (χ4v) is 2.63. The highest BCUT2D eigenvalue weighted by atomic mass is 32.2. The van der Waals surface area contributed by atoms with E-state index in [1.807, 2.05) is 30.3 Å². The first kappa shape index (κ1) is 16.6. The Morgan fingerprint density at radius 2 is 1.75 bits per heavy atom. The van der Waals surface area contributed by atoms with Crippen LogP contribution in [0.4, 0.5) is 0 Å². The summed E-state index contributed by atoms with van der Waals surface area (Å²) < 4.78 is 9.90. The van der Waals surface area contributed by atoms with Gasteiger partial charge in [0.25, 0.3) is 0 Å². The first-order valence-corrected chi connectivity index (χ1v) is 7.70. The molecule has 0 spiro atoms. The van der Waals surface area contributed by atoms with Crippen molar-refractivity contribution in [2.45, 2.75) is 31.3 Å². The van der Waals surface area contributed by atoms with Gasteiger partial charge in [0, 0.05) is 5.75 Å². The molecule has 0 aliphatic heterocycles. The highest BCUT2D eigenvalue weighted by molar-refractivity contribution is 7.99. The summed E-state index contributed by atoms with van der Waals surface area (Å²) in [5.41, 5.74) is 1.11. The third-order valence-corrected chi connectivity index (χ3v) is 3.76. The summed E-state index contributed by atoms with van der Waals surface area (Å²) in [6.07, 6.45) is 0.0458. The minimum Gasteiger partial charge on any atom is -0.466 e. The first-order chi connectivity index (χ1) is 9.67. The summed E-state index contributed by atoms with van der Waals surface area (Å²) in [7, 11) is 0. The molecule has 0 heterocycles. The van der Waals surface area contributed by atoms with Gasteiger partial charge >= 0.3 is 11.9 Å². The van der Waals surface area contributed by atoms with Crippen LogP contribution in [0.25, 0.3) is 0 Å². The number of benzene rings is 1. The lowest BCUT2D eigenvalue weighted by Crippen LogP contribution is -2.24. The summed E-state index contributed by atoms with van der Waals surface area (Å²) >= 11 is 1.40. The molecule has 0 saturated carbocycles. The van der Waals surface area contributed by atoms with E-state index in [-0.39, 0.29) is 18.4 Å². The standard InChI is InChI=1S/C15H20O4S/c1-3-18-14(16)10-13(15(17)19-4-2)20-11-12-8-6-5-7-9-12/h5-9,13H,3-4,10-11H2,1-2H3/t13-/m1/s1. The second-order valence-electron chi connectivity index (χ2n) is 4.05. The molecule has 0 aliphatic rings. The van der Waals surface area contributed by atoms with E-state index in [1.54, 1.807) is 13.8 Å². The van der Waals surface area contributed by atoms with Crippen LogP contribution in [0.15, 0.2) is 30.3 Å². The zero-order valence-electron chi connectivity index (χ0n) is 11.8. The second kappa shape index (κ2) is 9.42. The highest BCUT2D eigenvalue weighted by Gasteiger charge is 2.24. The van der Waals surface area contributed by atoms with E-state index in [0.29, 0.717) is 19.0 Å². The zero-order chi connectivity index (χ0) is 14.8. The molecule has 0 saturated heterocycles. The maximum atomic E-state index is 11.9. The van der Waals surface area contributed by atoms with Crippen LogP contribution in [0.5, 0.6) is 0 Å². The fraction of sp³-hybridized carbons (Fsp3) is 0.467. The maximum Gasteiger partial charge on any atom is 0.319 e. The fourth-order valence-electron chi connectivity index (χ4n) is 1.59. The van der Waals surface area contributed by atoms with Crippen molar-refractivity contribution >= 4 is 23.7 Å². The van der Waals surface area contributed by atoms with Gasteiger partial charge < -0.3 is 9.47 Å². The number of carbonyl (C=O) groups excluding carboxylic acids is 2. The Morgan fingerprint density at radius 1 is 1.10 bits per heavy atom. The number of hydrogen-bond acceptors (Lipinski definition) is 5. The predicted molar refractivity (Wildman–Crippen MR) is 79.4 cm³/mol. The molecule has 1 aromatic rings. The number of esters is 2. The lowest BCUT2D eigenvalue weighted by atomic mass is 10.2. The Balaban J connectivity index is 2.57. The Kier molecular flexibility index (Phi) is 7.80. The molecule has 110 valence electrons. The molecule has 0 aliphatic carbocycles. The molecular formula is C15H20O4S. The van der Waals surface area contributed by atoms with E-state index in [4.69, 9.17) is 9.47 Å². The normalized spacial score (nSPS) is 11.7. The van der Waals surface area contributed by atoms with Crippen LogP contribution in [-0.2, 0) is 24.8 Å². The molecule has 0 unspecified atom stereocenters. The van der Waals surface area contributed by atoms with Crippen molar-refractivity contribution in [1.29, 1.82) is 0 Å². The van der Waals surface area contributed by atoms with Gasteiger partial charge in [-0.3, -0.25) is 9.59 Å². The summed E-state index contributed by atoms with van der Waals surface area (Å²) in [5, 5.41) is -0.519. The smallest absolute Gasteiger partial charge is 0.319 e. The Bertz CT molecular complexity index is 419. The Labute approximate surface area is 123 Å². The van der Waals surface area contributed by atoms with Crippen molar-refractivity contribution < 1.29 is 19.1 Å². The van der Waals surface area contributed by atoms with Crippen LogP contribution in [0.2, 0.25) is 0 Å². The molecule has 1 atom stereocenters. The quantitative estimate of drug-likeness (QED) is 0.690. The van der Waals surface area contributed by atoms with Gasteiger partial charge in [-0.15, -0.1) is 11.8 Å². The summed E-state index contributed by atoms with van der Waals surface area (Å²) in [5.74, 6) is -0.0726. The SMILES string of the molecule is CCOC(=O)C[C@@H](SCc1ccccc1)C(=O)OCC. The molecule has 0 amide bonds. The van der Waals surface area contributed by atoms with Crippen molar-refractivity contribution in [1.82, 2.24) is 0 Å². The lowest BCUT2D eigenvalue weighted by molar-refractivity contribution is -0.149. The topological polar surface area (TPSA) is 52.6 Å². The molecule has 5 heteroatoms. The number of thioether (sulfide) groups is 1. The largest absolute Gasteiger partial charge is 0.466 e. The summed E-state index contributed by atoms with van der Waals surface area (Å²) in [6, 6.07) is 9.80. The summed E-state index contributed by atoms with van der Waals surface area (Å²) in [6.45, 7) is 4.12. The highest BCUT2D eigenvalue weighted by Crippen LogP contribution is 2.22. The lowest BCUT2D eigenvalue weighted by Gasteiger charge is -2.14. The third kappa shape index (κ3) is 6.10. The average molecular weight is 296 g/mol. The van der Waals surface area contributed by atoms with E-state index in [0.717, 1.165) is 5.56 Å². The van der Waals surface area contributed by atoms with Gasteiger partial charge in [-0.2, -0.15) is 0 Å². The van der Waals surface area contributed by atoms with Gasteiger partial charge in [0.2, 0.25) is 0 Å². The Morgan fingerprint density at radius 3 is 2.35 bits per heavy atom. The van der Waals surface area contributed by atoms with Crippen molar-refractivity contribution in [3.8, 4) is 0 Å². The molecule has 1 rings (SSSR count). The first-order valence-electron chi connectivity index (χ1n) is 6.65. The van der Waals surface area contributed by atoms with Gasteiger partial charge in [-0.1, -0.05) is 30.3 Å². The zero-order valence-corrected chi connectivity index (χ0v) is 12.7. The predicted octanol–water partition coefficient (Wildman–Crippen LogP) is 2.80. The summed E-state index contributed by atoms with van der Waals surface area (Å²) in [4.78, 5) is 23.4. The van der Waals surface area contributed by atoms with Gasteiger partial charge in [-0.25, -0.2) is 0 Å². The van der Waals surface area contributed by atoms with Crippen LogP contribution in [0.3, 0.4) is 0 Å². The average Bonchev–Trinajstić information content (AvgIpc) is 2.45. The second-order valence-corrected chi connectivity index (χ2v) is 5.24. The molecule has 0 aromatic heterocycles. The van der Waals surface area contributed by atoms with Gasteiger partial charge in [0.1, 0.15) is 5.25 Å². The van der Waals surface area contributed by atoms with Gasteiger partial charge in [0.05, 0.1) is 19.6 Å². The van der Waals surface area contributed by atoms with Crippen LogP contribution < -0.4 is 0 Å². The van der Waals surface area contributed by atoms with E-state index in [2.05, 4.69) is 0 Å². The van der Waals surface area contributed by atoms with Crippen LogP contribution in [0.1, 0.15) is 25.8 Å². The van der Waals surface area contributed by atoms with Gasteiger partial charge in [0.15, 0.2) is 0 Å². The Hall–Kier alpha value is -1.49. The van der Waals surface area contributed by atoms with Crippen molar-refractivity contribution in [3.63, 3.8) is 0 Å².